The summed E-state index contributed by atoms with van der Waals surface area (Å²) in [5.41, 5.74) is 0. The van der Waals surface area contributed by atoms with Gasteiger partial charge in [0, 0.05) is 0 Å². The standard InChI is InChI=1S/C13H30NO4P/c1-6-8-9-12(7-2)10-13(11-14(3,4)5)18-19(15,16)17/h12-13H,6-11H2,1-5H3,(H-,15,16,17)/p+1. The molecule has 0 fully saturated rings. The highest BCUT2D eigenvalue weighted by molar-refractivity contribution is 7.46. The molecule has 2 unspecified atom stereocenters. The van der Waals surface area contributed by atoms with Crippen LogP contribution >= 0.6 is 7.82 Å². The van der Waals surface area contributed by atoms with Gasteiger partial charge in [0.1, 0.15) is 12.6 Å². The van der Waals surface area contributed by atoms with E-state index in [4.69, 9.17) is 14.3 Å². The summed E-state index contributed by atoms with van der Waals surface area (Å²) in [6, 6.07) is 0. The van der Waals surface area contributed by atoms with Crippen molar-refractivity contribution in [3.63, 3.8) is 0 Å². The topological polar surface area (TPSA) is 66.8 Å². The highest BCUT2D eigenvalue weighted by Crippen LogP contribution is 2.39. The summed E-state index contributed by atoms with van der Waals surface area (Å²) in [5, 5.41) is 0. The Bertz CT molecular complexity index is 285. The zero-order valence-corrected chi connectivity index (χ0v) is 13.9. The number of phosphoric acid groups is 1. The second-order valence-electron chi connectivity index (χ2n) is 6.34. The van der Waals surface area contributed by atoms with Gasteiger partial charge in [0.25, 0.3) is 0 Å². The smallest absolute Gasteiger partial charge is 0.329 e. The predicted molar refractivity (Wildman–Crippen MR) is 77.7 cm³/mol. The lowest BCUT2D eigenvalue weighted by atomic mass is 9.93. The second-order valence-corrected chi connectivity index (χ2v) is 7.54. The number of nitrogens with zero attached hydrogens (tertiary/aromatic N) is 1. The van der Waals surface area contributed by atoms with Gasteiger partial charge in [-0.25, -0.2) is 4.57 Å². The third-order valence-corrected chi connectivity index (χ3v) is 3.75. The zero-order chi connectivity index (χ0) is 15.1. The SMILES string of the molecule is CCCCC(CC)CC(C[N+](C)(C)C)OP(=O)(O)O. The number of unbranched alkanes of at least 4 members (excludes halogenated alkanes) is 1. The van der Waals surface area contributed by atoms with Gasteiger partial charge in [0.15, 0.2) is 0 Å². The van der Waals surface area contributed by atoms with Gasteiger partial charge in [-0.1, -0.05) is 39.5 Å². The fraction of sp³-hybridized carbons (Fsp3) is 1.00. The van der Waals surface area contributed by atoms with E-state index in [1.165, 1.54) is 0 Å². The largest absolute Gasteiger partial charge is 0.470 e. The number of hydrogen-bond acceptors (Lipinski definition) is 2. The fourth-order valence-electron chi connectivity index (χ4n) is 2.31. The molecule has 0 aromatic carbocycles. The van der Waals surface area contributed by atoms with Crippen molar-refractivity contribution in [2.45, 2.75) is 52.1 Å². The van der Waals surface area contributed by atoms with Crippen LogP contribution in [-0.2, 0) is 9.09 Å². The van der Waals surface area contributed by atoms with E-state index in [9.17, 15) is 4.57 Å². The number of rotatable bonds is 10. The zero-order valence-electron chi connectivity index (χ0n) is 13.0. The van der Waals surface area contributed by atoms with Crippen LogP contribution in [0.25, 0.3) is 0 Å². The van der Waals surface area contributed by atoms with Crippen LogP contribution in [0.1, 0.15) is 46.0 Å². The molecule has 0 saturated heterocycles. The maximum Gasteiger partial charge on any atom is 0.470 e. The molecule has 2 atom stereocenters. The predicted octanol–water partition coefficient (Wildman–Crippen LogP) is 2.78. The van der Waals surface area contributed by atoms with Crippen molar-refractivity contribution in [2.24, 2.45) is 5.92 Å². The minimum Gasteiger partial charge on any atom is -0.329 e. The number of phosphoric ester groups is 1. The molecule has 0 rings (SSSR count). The third kappa shape index (κ3) is 11.6. The molecule has 0 aromatic heterocycles. The number of likely N-dealkylation sites (N-methyl/N-ethyl adjacent to an activating group) is 1. The van der Waals surface area contributed by atoms with Gasteiger partial charge >= 0.3 is 7.82 Å². The van der Waals surface area contributed by atoms with E-state index in [2.05, 4.69) is 13.8 Å². The lowest BCUT2D eigenvalue weighted by Crippen LogP contribution is -2.42. The molecule has 2 N–H and O–H groups in total. The summed E-state index contributed by atoms with van der Waals surface area (Å²) in [7, 11) is 1.60. The molecule has 0 radical (unpaired) electrons. The van der Waals surface area contributed by atoms with Gasteiger partial charge in [-0.15, -0.1) is 0 Å². The minimum absolute atomic E-state index is 0.386. The van der Waals surface area contributed by atoms with Crippen LogP contribution in [0, 0.1) is 5.92 Å². The molecule has 19 heavy (non-hydrogen) atoms. The normalized spacial score (nSPS) is 16.4. The van der Waals surface area contributed by atoms with Crippen molar-refractivity contribution in [1.82, 2.24) is 0 Å². The van der Waals surface area contributed by atoms with Crippen molar-refractivity contribution < 1.29 is 23.4 Å². The van der Waals surface area contributed by atoms with Crippen LogP contribution in [0.5, 0.6) is 0 Å². The molecule has 0 aliphatic heterocycles. The van der Waals surface area contributed by atoms with Crippen LogP contribution < -0.4 is 0 Å². The van der Waals surface area contributed by atoms with Crippen LogP contribution in [0.2, 0.25) is 0 Å². The van der Waals surface area contributed by atoms with Crippen molar-refractivity contribution in [2.75, 3.05) is 27.7 Å². The Labute approximate surface area is 117 Å². The van der Waals surface area contributed by atoms with Gasteiger partial charge in [0.2, 0.25) is 0 Å². The average molecular weight is 296 g/mol. The van der Waals surface area contributed by atoms with E-state index < -0.39 is 7.82 Å². The van der Waals surface area contributed by atoms with Gasteiger partial charge in [-0.3, -0.25) is 4.52 Å². The molecule has 6 heteroatoms. The van der Waals surface area contributed by atoms with Crippen LogP contribution in [-0.4, -0.2) is 48.1 Å². The Balaban J connectivity index is 4.59. The van der Waals surface area contributed by atoms with E-state index in [-0.39, 0.29) is 6.10 Å². The maximum atomic E-state index is 11.1. The molecule has 0 aliphatic carbocycles. The van der Waals surface area contributed by atoms with E-state index >= 15 is 0 Å². The lowest BCUT2D eigenvalue weighted by molar-refractivity contribution is -0.873. The van der Waals surface area contributed by atoms with Crippen LogP contribution in [0.15, 0.2) is 0 Å². The first-order valence-corrected chi connectivity index (χ1v) is 8.64. The second kappa shape index (κ2) is 8.38. The molecule has 0 spiro atoms. The molecular weight excluding hydrogens is 265 g/mol. The van der Waals surface area contributed by atoms with Crippen molar-refractivity contribution in [1.29, 1.82) is 0 Å². The highest BCUT2D eigenvalue weighted by Gasteiger charge is 2.28. The van der Waals surface area contributed by atoms with Crippen molar-refractivity contribution >= 4 is 7.82 Å². The lowest BCUT2D eigenvalue weighted by Gasteiger charge is -2.31. The van der Waals surface area contributed by atoms with Gasteiger partial charge in [-0.2, -0.15) is 0 Å². The first-order chi connectivity index (χ1) is 8.57. The summed E-state index contributed by atoms with van der Waals surface area (Å²) >= 11 is 0. The molecule has 0 amide bonds. The summed E-state index contributed by atoms with van der Waals surface area (Å²) in [4.78, 5) is 18.1. The molecular formula is C13H31NO4P+. The summed E-state index contributed by atoms with van der Waals surface area (Å²) in [6.45, 7) is 4.89. The number of hydrogen-bond donors (Lipinski definition) is 2. The Hall–Kier alpha value is 0.0700. The molecule has 5 nitrogen and oxygen atoms in total. The molecule has 0 aromatic rings. The van der Waals surface area contributed by atoms with Crippen molar-refractivity contribution in [3.05, 3.63) is 0 Å². The summed E-state index contributed by atoms with van der Waals surface area (Å²) in [6.07, 6.45) is 4.77. The average Bonchev–Trinajstić information content (AvgIpc) is 2.19. The molecule has 0 heterocycles. The molecule has 116 valence electrons. The highest BCUT2D eigenvalue weighted by atomic mass is 31.2. The molecule has 0 aliphatic rings. The summed E-state index contributed by atoms with van der Waals surface area (Å²) < 4.78 is 16.7. The monoisotopic (exact) mass is 296 g/mol. The Kier molecular flexibility index (Phi) is 8.41. The fourth-order valence-corrected chi connectivity index (χ4v) is 2.85. The molecule has 0 saturated carbocycles. The summed E-state index contributed by atoms with van der Waals surface area (Å²) in [5.74, 6) is 0.475. The van der Waals surface area contributed by atoms with E-state index in [1.807, 2.05) is 21.1 Å². The van der Waals surface area contributed by atoms with Gasteiger partial charge in [-0.05, 0) is 12.3 Å². The van der Waals surface area contributed by atoms with E-state index in [0.717, 1.165) is 32.1 Å². The Morgan fingerprint density at radius 3 is 2.16 bits per heavy atom. The maximum absolute atomic E-state index is 11.1. The van der Waals surface area contributed by atoms with Crippen LogP contribution in [0.4, 0.5) is 0 Å². The minimum atomic E-state index is -4.41. The van der Waals surface area contributed by atoms with Gasteiger partial charge in [0.05, 0.1) is 21.1 Å². The van der Waals surface area contributed by atoms with Crippen molar-refractivity contribution in [3.8, 4) is 0 Å². The van der Waals surface area contributed by atoms with E-state index in [0.29, 0.717) is 16.9 Å². The number of quaternary nitrogens is 1. The Morgan fingerprint density at radius 1 is 1.21 bits per heavy atom. The first-order valence-electron chi connectivity index (χ1n) is 7.11. The third-order valence-electron chi connectivity index (χ3n) is 3.18. The van der Waals surface area contributed by atoms with Crippen LogP contribution in [0.3, 0.4) is 0 Å². The molecule has 0 bridgehead atoms. The first kappa shape index (κ1) is 19.1. The van der Waals surface area contributed by atoms with E-state index in [1.54, 1.807) is 0 Å². The Morgan fingerprint density at radius 2 is 1.79 bits per heavy atom. The van der Waals surface area contributed by atoms with Gasteiger partial charge < -0.3 is 14.3 Å². The quantitative estimate of drug-likeness (QED) is 0.480.